The van der Waals surface area contributed by atoms with Gasteiger partial charge in [-0.1, -0.05) is 47.5 Å². The number of rotatable bonds is 6. The third kappa shape index (κ3) is 5.68. The van der Waals surface area contributed by atoms with Crippen molar-refractivity contribution in [1.82, 2.24) is 0 Å². The monoisotopic (exact) mass is 571 g/mol. The molecule has 5 rings (SSSR count). The topological polar surface area (TPSA) is 20.3 Å². The van der Waals surface area contributed by atoms with Crippen molar-refractivity contribution in [3.05, 3.63) is 135 Å². The Morgan fingerprint density at radius 3 is 1.67 bits per heavy atom. The van der Waals surface area contributed by atoms with Gasteiger partial charge < -0.3 is 4.90 Å². The lowest BCUT2D eigenvalue weighted by Crippen LogP contribution is -2.52. The first-order valence-electron chi connectivity index (χ1n) is 12.4. The summed E-state index contributed by atoms with van der Waals surface area (Å²) < 4.78 is 55.8. The normalized spacial score (nSPS) is 16.9. The Labute approximate surface area is 233 Å². The van der Waals surface area contributed by atoms with Crippen molar-refractivity contribution in [2.75, 3.05) is 4.90 Å². The molecule has 1 fully saturated rings. The highest BCUT2D eigenvalue weighted by atomic mass is 35.5. The molecule has 39 heavy (non-hydrogen) atoms. The lowest BCUT2D eigenvalue weighted by atomic mass is 9.68. The van der Waals surface area contributed by atoms with Crippen LogP contribution in [-0.4, -0.2) is 5.91 Å². The van der Waals surface area contributed by atoms with Gasteiger partial charge in [-0.2, -0.15) is 0 Å². The highest BCUT2D eigenvalue weighted by molar-refractivity contribution is 6.30. The number of benzene rings is 4. The van der Waals surface area contributed by atoms with E-state index in [1.807, 2.05) is 12.1 Å². The summed E-state index contributed by atoms with van der Waals surface area (Å²) in [6.07, 6.45) is 1.02. The molecule has 1 saturated heterocycles. The number of piperidine rings is 1. The van der Waals surface area contributed by atoms with Crippen LogP contribution >= 0.6 is 23.2 Å². The highest BCUT2D eigenvalue weighted by Gasteiger charge is 2.48. The molecule has 200 valence electrons. The Hall–Kier alpha value is -3.35. The van der Waals surface area contributed by atoms with Crippen molar-refractivity contribution in [3.63, 3.8) is 0 Å². The maximum absolute atomic E-state index is 14.6. The lowest BCUT2D eigenvalue weighted by molar-refractivity contribution is -0.131. The standard InChI is InChI=1S/C31H23Cl2F4NO/c32-22-5-3-21(4-6-22)29-13-14-31(17-19-1-11-25(34)27(36)15-19,18-20-2-12-26(35)28(37)16-20)30(39)38(29)24-9-7-23(33)8-10-24/h1-12,15-16,29H,13-14,17-18H2. The van der Waals surface area contributed by atoms with Crippen molar-refractivity contribution < 1.29 is 22.4 Å². The van der Waals surface area contributed by atoms with Crippen molar-refractivity contribution in [2.45, 2.75) is 31.7 Å². The van der Waals surface area contributed by atoms with Crippen LogP contribution in [0.25, 0.3) is 0 Å². The van der Waals surface area contributed by atoms with Gasteiger partial charge in [0.15, 0.2) is 23.3 Å². The summed E-state index contributed by atoms with van der Waals surface area (Å²) in [6.45, 7) is 0. The molecule has 2 nitrogen and oxygen atoms in total. The number of nitrogens with zero attached hydrogens (tertiary/aromatic N) is 1. The van der Waals surface area contributed by atoms with E-state index < -0.39 is 28.7 Å². The van der Waals surface area contributed by atoms with Crippen LogP contribution in [0.1, 0.15) is 35.6 Å². The number of hydrogen-bond donors (Lipinski definition) is 0. The quantitative estimate of drug-likeness (QED) is 0.211. The SMILES string of the molecule is O=C1N(c2ccc(Cl)cc2)C(c2ccc(Cl)cc2)CCC1(Cc1ccc(F)c(F)c1)Cc1ccc(F)c(F)c1. The van der Waals surface area contributed by atoms with E-state index in [-0.39, 0.29) is 24.8 Å². The summed E-state index contributed by atoms with van der Waals surface area (Å²) >= 11 is 12.2. The fourth-order valence-electron chi connectivity index (χ4n) is 5.42. The zero-order valence-electron chi connectivity index (χ0n) is 20.6. The molecule has 0 spiro atoms. The Bertz CT molecular complexity index is 1460. The van der Waals surface area contributed by atoms with Crippen LogP contribution in [0.2, 0.25) is 10.0 Å². The van der Waals surface area contributed by atoms with Crippen molar-refractivity contribution in [2.24, 2.45) is 5.41 Å². The molecule has 0 saturated carbocycles. The molecule has 4 aromatic carbocycles. The molecular formula is C31H23Cl2F4NO. The first-order chi connectivity index (χ1) is 18.6. The van der Waals surface area contributed by atoms with E-state index >= 15 is 0 Å². The lowest BCUT2D eigenvalue weighted by Gasteiger charge is -2.47. The maximum atomic E-state index is 14.6. The summed E-state index contributed by atoms with van der Waals surface area (Å²) in [5.74, 6) is -4.30. The number of anilines is 1. The average Bonchev–Trinajstić information content (AvgIpc) is 2.91. The molecule has 1 unspecified atom stereocenters. The predicted octanol–water partition coefficient (Wildman–Crippen LogP) is 8.89. The summed E-state index contributed by atoms with van der Waals surface area (Å²) in [4.78, 5) is 16.3. The first-order valence-corrected chi connectivity index (χ1v) is 13.1. The van der Waals surface area contributed by atoms with Crippen LogP contribution in [0.5, 0.6) is 0 Å². The van der Waals surface area contributed by atoms with E-state index in [0.29, 0.717) is 39.7 Å². The maximum Gasteiger partial charge on any atom is 0.234 e. The van der Waals surface area contributed by atoms with Crippen molar-refractivity contribution in [3.8, 4) is 0 Å². The summed E-state index contributed by atoms with van der Waals surface area (Å²) in [5.41, 5.74) is 1.16. The Balaban J connectivity index is 1.62. The fraction of sp³-hybridized carbons (Fsp3) is 0.194. The molecule has 0 aliphatic carbocycles. The molecule has 1 atom stereocenters. The minimum absolute atomic E-state index is 0.0689. The molecule has 0 radical (unpaired) electrons. The second kappa shape index (κ2) is 11.0. The minimum Gasteiger partial charge on any atom is -0.304 e. The number of hydrogen-bond acceptors (Lipinski definition) is 1. The Morgan fingerprint density at radius 1 is 0.692 bits per heavy atom. The molecule has 0 bridgehead atoms. The molecule has 4 aromatic rings. The van der Waals surface area contributed by atoms with Gasteiger partial charge in [0.1, 0.15) is 0 Å². The van der Waals surface area contributed by atoms with Crippen LogP contribution in [0.3, 0.4) is 0 Å². The van der Waals surface area contributed by atoms with Crippen LogP contribution in [0.4, 0.5) is 23.2 Å². The molecule has 1 amide bonds. The largest absolute Gasteiger partial charge is 0.304 e. The van der Waals surface area contributed by atoms with Gasteiger partial charge in [-0.3, -0.25) is 4.79 Å². The molecule has 1 heterocycles. The van der Waals surface area contributed by atoms with Gasteiger partial charge in [-0.25, -0.2) is 17.6 Å². The smallest absolute Gasteiger partial charge is 0.234 e. The second-order valence-corrected chi connectivity index (χ2v) is 10.8. The van der Waals surface area contributed by atoms with Crippen molar-refractivity contribution in [1.29, 1.82) is 0 Å². The van der Waals surface area contributed by atoms with E-state index in [1.165, 1.54) is 12.1 Å². The molecular weight excluding hydrogens is 549 g/mol. The minimum atomic E-state index is -1.16. The number of amides is 1. The molecule has 0 N–H and O–H groups in total. The number of halogens is 6. The summed E-state index contributed by atoms with van der Waals surface area (Å²) in [7, 11) is 0. The zero-order chi connectivity index (χ0) is 27.7. The van der Waals surface area contributed by atoms with Crippen LogP contribution in [0.15, 0.2) is 84.9 Å². The summed E-state index contributed by atoms with van der Waals surface area (Å²) in [5, 5.41) is 1.06. The highest BCUT2D eigenvalue weighted by Crippen LogP contribution is 2.47. The first kappa shape index (κ1) is 27.2. The van der Waals surface area contributed by atoms with Crippen LogP contribution in [-0.2, 0) is 17.6 Å². The number of carbonyl (C=O) groups excluding carboxylic acids is 1. The zero-order valence-corrected chi connectivity index (χ0v) is 22.1. The average molecular weight is 572 g/mol. The van der Waals surface area contributed by atoms with Gasteiger partial charge in [-0.15, -0.1) is 0 Å². The predicted molar refractivity (Wildman–Crippen MR) is 145 cm³/mol. The van der Waals surface area contributed by atoms with Gasteiger partial charge in [0.05, 0.1) is 11.5 Å². The van der Waals surface area contributed by atoms with E-state index in [4.69, 9.17) is 23.2 Å². The van der Waals surface area contributed by atoms with E-state index in [2.05, 4.69) is 0 Å². The summed E-state index contributed by atoms with van der Waals surface area (Å²) in [6, 6.07) is 20.8. The van der Waals surface area contributed by atoms with Crippen molar-refractivity contribution >= 4 is 34.8 Å². The van der Waals surface area contributed by atoms with E-state index in [9.17, 15) is 22.4 Å². The van der Waals surface area contributed by atoms with Crippen LogP contribution in [0, 0.1) is 28.7 Å². The van der Waals surface area contributed by atoms with E-state index in [1.54, 1.807) is 41.3 Å². The Morgan fingerprint density at radius 2 is 1.18 bits per heavy atom. The van der Waals surface area contributed by atoms with Gasteiger partial charge >= 0.3 is 0 Å². The third-order valence-corrected chi connectivity index (χ3v) is 7.80. The van der Waals surface area contributed by atoms with Crippen LogP contribution < -0.4 is 4.90 Å². The molecule has 8 heteroatoms. The molecule has 1 aliphatic heterocycles. The van der Waals surface area contributed by atoms with Gasteiger partial charge in [0.2, 0.25) is 5.91 Å². The third-order valence-electron chi connectivity index (χ3n) is 7.29. The van der Waals surface area contributed by atoms with Gasteiger partial charge in [-0.05, 0) is 103 Å². The van der Waals surface area contributed by atoms with Gasteiger partial charge in [0.25, 0.3) is 0 Å². The fourth-order valence-corrected chi connectivity index (χ4v) is 5.67. The molecule has 0 aromatic heterocycles. The Kier molecular flexibility index (Phi) is 7.70. The van der Waals surface area contributed by atoms with Gasteiger partial charge in [0, 0.05) is 15.7 Å². The second-order valence-electron chi connectivity index (χ2n) is 9.89. The number of carbonyl (C=O) groups is 1. The van der Waals surface area contributed by atoms with E-state index in [0.717, 1.165) is 29.8 Å². The molecule has 1 aliphatic rings.